The van der Waals surface area contributed by atoms with Crippen molar-refractivity contribution in [3.05, 3.63) is 12.2 Å². The fourth-order valence-corrected chi connectivity index (χ4v) is 3.19. The average Bonchev–Trinajstić information content (AvgIpc) is 2.65. The average molecular weight is 458 g/mol. The summed E-state index contributed by atoms with van der Waals surface area (Å²) < 4.78 is 31.4. The summed E-state index contributed by atoms with van der Waals surface area (Å²) in [7, 11) is 1.38. The predicted octanol–water partition coefficient (Wildman–Crippen LogP) is 1.01. The Balaban J connectivity index is 3.11. The molecule has 1 aliphatic rings. The molecule has 0 unspecified atom stereocenters. The van der Waals surface area contributed by atoms with Crippen molar-refractivity contribution in [1.82, 2.24) is 0 Å². The second-order valence-electron chi connectivity index (χ2n) is 7.24. The molecule has 1 fully saturated rings. The van der Waals surface area contributed by atoms with Crippen LogP contribution in [0.1, 0.15) is 47.5 Å². The zero-order valence-corrected chi connectivity index (χ0v) is 19.0. The summed E-state index contributed by atoms with van der Waals surface area (Å²) in [5, 5.41) is 0. The van der Waals surface area contributed by atoms with Crippen LogP contribution in [0, 0.1) is 0 Å². The van der Waals surface area contributed by atoms with E-state index in [9.17, 15) is 24.0 Å². The summed E-state index contributed by atoms with van der Waals surface area (Å²) in [6.07, 6.45) is -2.62. The van der Waals surface area contributed by atoms with Gasteiger partial charge in [-0.05, 0) is 19.1 Å². The van der Waals surface area contributed by atoms with E-state index in [0.717, 1.165) is 0 Å². The van der Waals surface area contributed by atoms with E-state index in [1.165, 1.54) is 53.9 Å². The van der Waals surface area contributed by atoms with Crippen molar-refractivity contribution in [3.63, 3.8) is 0 Å². The van der Waals surface area contributed by atoms with Gasteiger partial charge in [0.05, 0.1) is 6.42 Å². The van der Waals surface area contributed by atoms with E-state index in [2.05, 4.69) is 0 Å². The zero-order chi connectivity index (χ0) is 24.4. The Kier molecular flexibility index (Phi) is 10.8. The molecule has 0 aliphatic carbocycles. The summed E-state index contributed by atoms with van der Waals surface area (Å²) >= 11 is 0. The van der Waals surface area contributed by atoms with Crippen LogP contribution in [-0.4, -0.2) is 73.6 Å². The van der Waals surface area contributed by atoms with Gasteiger partial charge in [0.2, 0.25) is 0 Å². The van der Waals surface area contributed by atoms with E-state index in [1.54, 1.807) is 0 Å². The Bertz CT molecular complexity index is 729. The minimum atomic E-state index is -0.999. The highest BCUT2D eigenvalue weighted by Gasteiger charge is 2.40. The second-order valence-corrected chi connectivity index (χ2v) is 7.24. The third-order valence-corrected chi connectivity index (χ3v) is 4.42. The minimum absolute atomic E-state index is 0.0449. The summed E-state index contributed by atoms with van der Waals surface area (Å²) in [5.41, 5.74) is 0. The molecule has 0 radical (unpaired) electrons. The Hall–Kier alpha value is -2.95. The van der Waals surface area contributed by atoms with Gasteiger partial charge in [-0.25, -0.2) is 0 Å². The molecule has 11 heteroatoms. The molecule has 0 N–H and O–H groups in total. The molecule has 0 amide bonds. The number of hydrogen-bond acceptors (Lipinski definition) is 11. The molecular formula is C21H30O11. The standard InChI is InChI=1S/C21H30O11/c1-11(28-12(2)22)18(30-14(4)24)9-16(29-13(3)23)7-8-17-21(31-15(5)25)19(27-6)10-20(26)32-17/h7-8,11,16-19,21H,9-10H2,1-6H3/b8-7-/t11-,16+,17-,18+,19+,21+/m0/s1. The number of methoxy groups -OCH3 is 1. The van der Waals surface area contributed by atoms with Crippen LogP contribution in [0.25, 0.3) is 0 Å². The first kappa shape index (κ1) is 27.1. The molecule has 11 nitrogen and oxygen atoms in total. The van der Waals surface area contributed by atoms with Gasteiger partial charge >= 0.3 is 29.8 Å². The Labute approximate surface area is 186 Å². The molecule has 1 aliphatic heterocycles. The van der Waals surface area contributed by atoms with Gasteiger partial charge in [-0.1, -0.05) is 0 Å². The molecule has 0 spiro atoms. The maximum absolute atomic E-state index is 11.9. The Morgan fingerprint density at radius 1 is 1.00 bits per heavy atom. The van der Waals surface area contributed by atoms with E-state index < -0.39 is 66.5 Å². The number of carbonyl (C=O) groups is 5. The lowest BCUT2D eigenvalue weighted by Crippen LogP contribution is -2.49. The number of cyclic esters (lactones) is 1. The van der Waals surface area contributed by atoms with Crippen LogP contribution in [-0.2, 0) is 52.4 Å². The lowest BCUT2D eigenvalue weighted by Gasteiger charge is -2.34. The zero-order valence-electron chi connectivity index (χ0n) is 19.0. The molecule has 0 aromatic heterocycles. The highest BCUT2D eigenvalue weighted by Crippen LogP contribution is 2.24. The summed E-state index contributed by atoms with van der Waals surface area (Å²) in [6, 6.07) is 0. The molecule has 0 saturated carbocycles. The molecule has 0 aromatic rings. The molecule has 0 aromatic carbocycles. The first-order valence-corrected chi connectivity index (χ1v) is 10.0. The van der Waals surface area contributed by atoms with E-state index in [-0.39, 0.29) is 12.8 Å². The number of rotatable bonds is 10. The van der Waals surface area contributed by atoms with Crippen LogP contribution in [0.15, 0.2) is 12.2 Å². The van der Waals surface area contributed by atoms with Gasteiger partial charge in [-0.3, -0.25) is 24.0 Å². The summed E-state index contributed by atoms with van der Waals surface area (Å²) in [4.78, 5) is 57.8. The molecule has 1 rings (SSSR count). The van der Waals surface area contributed by atoms with Gasteiger partial charge in [0.1, 0.15) is 24.4 Å². The number of ether oxygens (including phenoxy) is 6. The summed E-state index contributed by atoms with van der Waals surface area (Å²) in [6.45, 7) is 6.35. The number of carbonyl (C=O) groups excluding carboxylic acids is 5. The highest BCUT2D eigenvalue weighted by atomic mass is 16.6. The smallest absolute Gasteiger partial charge is 0.309 e. The second kappa shape index (κ2) is 12.8. The van der Waals surface area contributed by atoms with Gasteiger partial charge in [0.25, 0.3) is 0 Å². The van der Waals surface area contributed by atoms with Crippen molar-refractivity contribution in [2.75, 3.05) is 7.11 Å². The van der Waals surface area contributed by atoms with Gasteiger partial charge in [-0.2, -0.15) is 0 Å². The minimum Gasteiger partial charge on any atom is -0.459 e. The topological polar surface area (TPSA) is 141 Å². The monoisotopic (exact) mass is 458 g/mol. The van der Waals surface area contributed by atoms with Crippen molar-refractivity contribution < 1.29 is 52.4 Å². The van der Waals surface area contributed by atoms with Crippen molar-refractivity contribution in [2.24, 2.45) is 0 Å². The van der Waals surface area contributed by atoms with Gasteiger partial charge in [-0.15, -0.1) is 0 Å². The Morgan fingerprint density at radius 2 is 1.59 bits per heavy atom. The van der Waals surface area contributed by atoms with Gasteiger partial charge in [0, 0.05) is 41.2 Å². The lowest BCUT2D eigenvalue weighted by atomic mass is 9.99. The van der Waals surface area contributed by atoms with Gasteiger partial charge < -0.3 is 28.4 Å². The fraction of sp³-hybridized carbons (Fsp3) is 0.667. The van der Waals surface area contributed by atoms with Crippen LogP contribution < -0.4 is 0 Å². The molecular weight excluding hydrogens is 428 g/mol. The number of esters is 5. The van der Waals surface area contributed by atoms with Crippen molar-refractivity contribution >= 4 is 29.8 Å². The van der Waals surface area contributed by atoms with Crippen molar-refractivity contribution in [3.8, 4) is 0 Å². The van der Waals surface area contributed by atoms with Crippen LogP contribution in [0.2, 0.25) is 0 Å². The SMILES string of the molecule is CO[C@@H]1CC(=O)O[C@@H](/C=C\[C@H](C[C@@H](OC(C)=O)[C@H](C)OC(C)=O)OC(C)=O)[C@H]1OC(C)=O. The van der Waals surface area contributed by atoms with Crippen molar-refractivity contribution in [1.29, 1.82) is 0 Å². The molecule has 32 heavy (non-hydrogen) atoms. The van der Waals surface area contributed by atoms with E-state index in [4.69, 9.17) is 28.4 Å². The quantitative estimate of drug-likeness (QED) is 0.263. The van der Waals surface area contributed by atoms with Crippen LogP contribution in [0.3, 0.4) is 0 Å². The normalized spacial score (nSPS) is 23.4. The number of hydrogen-bond donors (Lipinski definition) is 0. The first-order chi connectivity index (χ1) is 14.9. The van der Waals surface area contributed by atoms with E-state index in [1.807, 2.05) is 0 Å². The van der Waals surface area contributed by atoms with Gasteiger partial charge in [0.15, 0.2) is 12.2 Å². The third-order valence-electron chi connectivity index (χ3n) is 4.42. The fourth-order valence-electron chi connectivity index (χ4n) is 3.19. The molecule has 0 bridgehead atoms. The van der Waals surface area contributed by atoms with Crippen LogP contribution >= 0.6 is 0 Å². The third kappa shape index (κ3) is 9.46. The highest BCUT2D eigenvalue weighted by molar-refractivity contribution is 5.72. The maximum Gasteiger partial charge on any atom is 0.309 e. The van der Waals surface area contributed by atoms with E-state index >= 15 is 0 Å². The lowest BCUT2D eigenvalue weighted by molar-refractivity contribution is -0.189. The first-order valence-electron chi connectivity index (χ1n) is 10.0. The summed E-state index contributed by atoms with van der Waals surface area (Å²) in [5.74, 6) is -2.94. The maximum atomic E-state index is 11.9. The Morgan fingerprint density at radius 3 is 2.09 bits per heavy atom. The molecule has 1 heterocycles. The largest absolute Gasteiger partial charge is 0.459 e. The van der Waals surface area contributed by atoms with Crippen LogP contribution in [0.4, 0.5) is 0 Å². The van der Waals surface area contributed by atoms with E-state index in [0.29, 0.717) is 0 Å². The molecule has 180 valence electrons. The molecule has 1 saturated heterocycles. The molecule has 6 atom stereocenters. The van der Waals surface area contributed by atoms with Crippen LogP contribution in [0.5, 0.6) is 0 Å². The predicted molar refractivity (Wildman–Crippen MR) is 107 cm³/mol. The van der Waals surface area contributed by atoms with Crippen molar-refractivity contribution in [2.45, 2.75) is 84.1 Å².